The van der Waals surface area contributed by atoms with Gasteiger partial charge in [-0.2, -0.15) is 0 Å². The molecule has 1 rings (SSSR count). The smallest absolute Gasteiger partial charge is 0.0273 e. The first-order valence-corrected chi connectivity index (χ1v) is 3.42. The molecule has 0 saturated heterocycles. The molecule has 1 aromatic heterocycles. The SMILES string of the molecule is C/C(=C\C=N)c1ccncc1. The van der Waals surface area contributed by atoms with Crippen molar-refractivity contribution >= 4 is 11.8 Å². The molecule has 0 radical (unpaired) electrons. The fourth-order valence-electron chi connectivity index (χ4n) is 0.836. The van der Waals surface area contributed by atoms with Crippen LogP contribution in [0, 0.1) is 5.41 Å². The van der Waals surface area contributed by atoms with Crippen LogP contribution in [0.4, 0.5) is 0 Å². The fraction of sp³-hybridized carbons (Fsp3) is 0.111. The van der Waals surface area contributed by atoms with E-state index in [4.69, 9.17) is 5.41 Å². The van der Waals surface area contributed by atoms with Gasteiger partial charge in [0.15, 0.2) is 0 Å². The van der Waals surface area contributed by atoms with E-state index in [1.807, 2.05) is 19.1 Å². The topological polar surface area (TPSA) is 36.7 Å². The second kappa shape index (κ2) is 3.66. The first-order valence-electron chi connectivity index (χ1n) is 3.42. The molecule has 0 aliphatic heterocycles. The Balaban J connectivity index is 2.94. The number of pyridine rings is 1. The molecule has 56 valence electrons. The van der Waals surface area contributed by atoms with Crippen LogP contribution < -0.4 is 0 Å². The number of hydrogen-bond acceptors (Lipinski definition) is 2. The highest BCUT2D eigenvalue weighted by Crippen LogP contribution is 2.09. The third-order valence-corrected chi connectivity index (χ3v) is 1.47. The maximum absolute atomic E-state index is 6.87. The van der Waals surface area contributed by atoms with Crippen LogP contribution in [0.1, 0.15) is 12.5 Å². The summed E-state index contributed by atoms with van der Waals surface area (Å²) in [5.41, 5.74) is 2.20. The molecule has 0 fully saturated rings. The summed E-state index contributed by atoms with van der Waals surface area (Å²) in [6.45, 7) is 1.97. The van der Waals surface area contributed by atoms with E-state index in [0.29, 0.717) is 0 Å². The zero-order valence-electron chi connectivity index (χ0n) is 6.41. The van der Waals surface area contributed by atoms with Gasteiger partial charge in [0.2, 0.25) is 0 Å². The molecule has 0 aliphatic rings. The molecule has 2 heteroatoms. The van der Waals surface area contributed by atoms with Crippen LogP contribution in [0.15, 0.2) is 30.6 Å². The first-order chi connectivity index (χ1) is 5.34. The second-order valence-corrected chi connectivity index (χ2v) is 2.25. The van der Waals surface area contributed by atoms with Gasteiger partial charge in [-0.05, 0) is 36.3 Å². The van der Waals surface area contributed by atoms with Crippen molar-refractivity contribution in [2.75, 3.05) is 0 Å². The van der Waals surface area contributed by atoms with Crippen molar-refractivity contribution in [3.8, 4) is 0 Å². The lowest BCUT2D eigenvalue weighted by Gasteiger charge is -1.96. The molecule has 1 heterocycles. The normalized spacial score (nSPS) is 11.2. The van der Waals surface area contributed by atoms with Crippen LogP contribution in [0.3, 0.4) is 0 Å². The molecule has 2 nitrogen and oxygen atoms in total. The zero-order valence-corrected chi connectivity index (χ0v) is 6.41. The maximum Gasteiger partial charge on any atom is 0.0273 e. The van der Waals surface area contributed by atoms with Crippen molar-refractivity contribution < 1.29 is 0 Å². The van der Waals surface area contributed by atoms with Gasteiger partial charge in [0.25, 0.3) is 0 Å². The van der Waals surface area contributed by atoms with Crippen LogP contribution in [-0.2, 0) is 0 Å². The number of rotatable bonds is 2. The van der Waals surface area contributed by atoms with Crippen LogP contribution in [-0.4, -0.2) is 11.2 Å². The van der Waals surface area contributed by atoms with E-state index in [2.05, 4.69) is 4.98 Å². The van der Waals surface area contributed by atoms with Crippen LogP contribution in [0.2, 0.25) is 0 Å². The predicted molar refractivity (Wildman–Crippen MR) is 46.7 cm³/mol. The highest BCUT2D eigenvalue weighted by atomic mass is 14.6. The summed E-state index contributed by atoms with van der Waals surface area (Å²) in [7, 11) is 0. The minimum absolute atomic E-state index is 1.09. The van der Waals surface area contributed by atoms with Gasteiger partial charge in [-0.15, -0.1) is 0 Å². The van der Waals surface area contributed by atoms with Crippen molar-refractivity contribution in [1.82, 2.24) is 4.98 Å². The van der Waals surface area contributed by atoms with E-state index in [1.54, 1.807) is 18.5 Å². The van der Waals surface area contributed by atoms with Crippen LogP contribution >= 0.6 is 0 Å². The Hall–Kier alpha value is -1.44. The van der Waals surface area contributed by atoms with Crippen molar-refractivity contribution in [3.05, 3.63) is 36.2 Å². The minimum Gasteiger partial charge on any atom is -0.309 e. The zero-order chi connectivity index (χ0) is 8.10. The van der Waals surface area contributed by atoms with E-state index in [9.17, 15) is 0 Å². The Labute approximate surface area is 66.1 Å². The van der Waals surface area contributed by atoms with Gasteiger partial charge < -0.3 is 5.41 Å². The average molecular weight is 146 g/mol. The van der Waals surface area contributed by atoms with Gasteiger partial charge in [-0.1, -0.05) is 0 Å². The molecule has 0 unspecified atom stereocenters. The Morgan fingerprint density at radius 2 is 2.09 bits per heavy atom. The Kier molecular flexibility index (Phi) is 2.55. The van der Waals surface area contributed by atoms with E-state index in [0.717, 1.165) is 11.1 Å². The van der Waals surface area contributed by atoms with Gasteiger partial charge in [0.1, 0.15) is 0 Å². The molecular formula is C9H10N2. The summed E-state index contributed by atoms with van der Waals surface area (Å²) in [4.78, 5) is 3.90. The van der Waals surface area contributed by atoms with E-state index < -0.39 is 0 Å². The Morgan fingerprint density at radius 3 is 2.64 bits per heavy atom. The molecule has 0 aromatic carbocycles. The molecule has 1 N–H and O–H groups in total. The quantitative estimate of drug-likeness (QED) is 0.637. The number of nitrogens with zero attached hydrogens (tertiary/aromatic N) is 1. The van der Waals surface area contributed by atoms with Crippen LogP contribution in [0.5, 0.6) is 0 Å². The molecule has 0 spiro atoms. The average Bonchev–Trinajstić information content (AvgIpc) is 2.07. The monoisotopic (exact) mass is 146 g/mol. The van der Waals surface area contributed by atoms with Crippen molar-refractivity contribution in [2.24, 2.45) is 0 Å². The minimum atomic E-state index is 1.09. The first kappa shape index (κ1) is 7.66. The summed E-state index contributed by atoms with van der Waals surface area (Å²) < 4.78 is 0. The second-order valence-electron chi connectivity index (χ2n) is 2.25. The van der Waals surface area contributed by atoms with Gasteiger partial charge in [0.05, 0.1) is 0 Å². The van der Waals surface area contributed by atoms with Gasteiger partial charge in [-0.3, -0.25) is 4.98 Å². The largest absolute Gasteiger partial charge is 0.309 e. The number of allylic oxidation sites excluding steroid dienone is 2. The third kappa shape index (κ3) is 2.00. The number of aromatic nitrogens is 1. The van der Waals surface area contributed by atoms with E-state index in [1.165, 1.54) is 6.21 Å². The highest BCUT2D eigenvalue weighted by molar-refractivity contribution is 5.81. The Bertz CT molecular complexity index is 262. The molecule has 0 amide bonds. The summed E-state index contributed by atoms with van der Waals surface area (Å²) in [5, 5.41) is 6.87. The predicted octanol–water partition coefficient (Wildman–Crippen LogP) is 2.13. The molecule has 11 heavy (non-hydrogen) atoms. The molecular weight excluding hydrogens is 136 g/mol. The molecule has 1 aromatic rings. The Morgan fingerprint density at radius 1 is 1.45 bits per heavy atom. The van der Waals surface area contributed by atoms with E-state index in [-0.39, 0.29) is 0 Å². The molecule has 0 saturated carbocycles. The van der Waals surface area contributed by atoms with Crippen molar-refractivity contribution in [3.63, 3.8) is 0 Å². The lowest BCUT2D eigenvalue weighted by molar-refractivity contribution is 1.31. The molecule has 0 atom stereocenters. The summed E-state index contributed by atoms with van der Waals surface area (Å²) in [6.07, 6.45) is 6.54. The summed E-state index contributed by atoms with van der Waals surface area (Å²) >= 11 is 0. The van der Waals surface area contributed by atoms with Gasteiger partial charge in [-0.25, -0.2) is 0 Å². The van der Waals surface area contributed by atoms with E-state index >= 15 is 0 Å². The number of nitrogens with one attached hydrogen (secondary N) is 1. The van der Waals surface area contributed by atoms with Crippen LogP contribution in [0.25, 0.3) is 5.57 Å². The third-order valence-electron chi connectivity index (χ3n) is 1.47. The van der Waals surface area contributed by atoms with Gasteiger partial charge in [0, 0.05) is 18.6 Å². The lowest BCUT2D eigenvalue weighted by Crippen LogP contribution is -1.79. The van der Waals surface area contributed by atoms with Crippen molar-refractivity contribution in [2.45, 2.75) is 6.92 Å². The highest BCUT2D eigenvalue weighted by Gasteiger charge is 1.90. The summed E-state index contributed by atoms with van der Waals surface area (Å²) in [5.74, 6) is 0. The van der Waals surface area contributed by atoms with Crippen molar-refractivity contribution in [1.29, 1.82) is 5.41 Å². The number of hydrogen-bond donors (Lipinski definition) is 1. The lowest BCUT2D eigenvalue weighted by atomic mass is 10.1. The fourth-order valence-corrected chi connectivity index (χ4v) is 0.836. The standard InChI is InChI=1S/C9H10N2/c1-8(2-5-10)9-3-6-11-7-4-9/h2-7,10H,1H3/b8-2+,10-5?. The van der Waals surface area contributed by atoms with Gasteiger partial charge >= 0.3 is 0 Å². The maximum atomic E-state index is 6.87. The molecule has 0 aliphatic carbocycles. The summed E-state index contributed by atoms with van der Waals surface area (Å²) in [6, 6.07) is 3.85. The molecule has 0 bridgehead atoms.